The number of aryl methyl sites for hydroxylation is 1. The Morgan fingerprint density at radius 1 is 1.33 bits per heavy atom. The first-order valence-electron chi connectivity index (χ1n) is 6.13. The van der Waals surface area contributed by atoms with E-state index in [1.807, 2.05) is 23.1 Å². The number of rotatable bonds is 6. The molecule has 1 saturated carbocycles. The molecule has 0 atom stereocenters. The molecule has 0 spiro atoms. The average Bonchev–Trinajstić information content (AvgIpc) is 2.88. The van der Waals surface area contributed by atoms with Gasteiger partial charge in [0.2, 0.25) is 0 Å². The molecule has 1 aliphatic rings. The molecule has 84 valence electrons. The van der Waals surface area contributed by atoms with Gasteiger partial charge in [0.25, 0.3) is 0 Å². The highest BCUT2D eigenvalue weighted by Gasteiger charge is 2.13. The van der Waals surface area contributed by atoms with Crippen molar-refractivity contribution in [2.45, 2.75) is 38.6 Å². The van der Waals surface area contributed by atoms with Crippen molar-refractivity contribution in [2.75, 3.05) is 13.1 Å². The molecule has 1 fully saturated rings. The Kier molecular flexibility index (Phi) is 4.21. The third kappa shape index (κ3) is 3.67. The van der Waals surface area contributed by atoms with E-state index in [-0.39, 0.29) is 0 Å². The molecule has 1 aliphatic carbocycles. The van der Waals surface area contributed by atoms with Crippen molar-refractivity contribution in [1.82, 2.24) is 15.1 Å². The maximum absolute atomic E-state index is 4.18. The predicted molar refractivity (Wildman–Crippen MR) is 61.7 cm³/mol. The van der Waals surface area contributed by atoms with Gasteiger partial charge < -0.3 is 5.32 Å². The van der Waals surface area contributed by atoms with E-state index in [0.717, 1.165) is 19.0 Å². The fraction of sp³-hybridized carbons (Fsp3) is 0.750. The summed E-state index contributed by atoms with van der Waals surface area (Å²) in [6.45, 7) is 3.38. The standard InChI is InChI=1S/C12H21N3/c1-2-6-12(5-1)11-13-7-3-9-15-10-4-8-14-15/h4,8,10,12-13H,1-3,5-7,9,11H2. The molecule has 0 saturated heterocycles. The molecule has 0 amide bonds. The summed E-state index contributed by atoms with van der Waals surface area (Å²) in [4.78, 5) is 0. The maximum atomic E-state index is 4.18. The quantitative estimate of drug-likeness (QED) is 0.724. The van der Waals surface area contributed by atoms with E-state index in [1.54, 1.807) is 0 Å². The summed E-state index contributed by atoms with van der Waals surface area (Å²) in [7, 11) is 0. The number of hydrogen-bond acceptors (Lipinski definition) is 2. The fourth-order valence-corrected chi connectivity index (χ4v) is 2.32. The Morgan fingerprint density at radius 3 is 2.93 bits per heavy atom. The third-order valence-electron chi connectivity index (χ3n) is 3.21. The molecule has 2 rings (SSSR count). The Morgan fingerprint density at radius 2 is 2.20 bits per heavy atom. The van der Waals surface area contributed by atoms with Gasteiger partial charge in [-0.2, -0.15) is 5.10 Å². The van der Waals surface area contributed by atoms with Gasteiger partial charge in [0, 0.05) is 18.9 Å². The first-order chi connectivity index (χ1) is 7.45. The third-order valence-corrected chi connectivity index (χ3v) is 3.21. The van der Waals surface area contributed by atoms with Gasteiger partial charge in [0.15, 0.2) is 0 Å². The second-order valence-electron chi connectivity index (χ2n) is 4.48. The molecule has 0 aromatic carbocycles. The molecular formula is C12H21N3. The van der Waals surface area contributed by atoms with Crippen LogP contribution in [0.15, 0.2) is 18.5 Å². The number of nitrogens with one attached hydrogen (secondary N) is 1. The zero-order valence-corrected chi connectivity index (χ0v) is 9.36. The van der Waals surface area contributed by atoms with Crippen LogP contribution in [-0.4, -0.2) is 22.9 Å². The minimum Gasteiger partial charge on any atom is -0.316 e. The highest BCUT2D eigenvalue weighted by molar-refractivity contribution is 4.77. The fourth-order valence-electron chi connectivity index (χ4n) is 2.32. The summed E-state index contributed by atoms with van der Waals surface area (Å²) in [6, 6.07) is 1.98. The van der Waals surface area contributed by atoms with Gasteiger partial charge in [-0.05, 0) is 44.3 Å². The molecule has 1 heterocycles. The lowest BCUT2D eigenvalue weighted by atomic mass is 10.1. The lowest BCUT2D eigenvalue weighted by Crippen LogP contribution is -2.23. The lowest BCUT2D eigenvalue weighted by molar-refractivity contribution is 0.469. The second-order valence-corrected chi connectivity index (χ2v) is 4.48. The maximum Gasteiger partial charge on any atom is 0.0489 e. The predicted octanol–water partition coefficient (Wildman–Crippen LogP) is 2.05. The Labute approximate surface area is 91.9 Å². The van der Waals surface area contributed by atoms with Crippen LogP contribution in [0.4, 0.5) is 0 Å². The summed E-state index contributed by atoms with van der Waals surface area (Å²) in [6.07, 6.45) is 10.8. The molecule has 3 nitrogen and oxygen atoms in total. The van der Waals surface area contributed by atoms with Crippen molar-refractivity contribution in [3.63, 3.8) is 0 Å². The number of aromatic nitrogens is 2. The van der Waals surface area contributed by atoms with Crippen LogP contribution in [0.1, 0.15) is 32.1 Å². The molecule has 1 aromatic heterocycles. The SMILES string of the molecule is c1cnn(CCCNCC2CCCC2)c1. The largest absolute Gasteiger partial charge is 0.316 e. The van der Waals surface area contributed by atoms with Gasteiger partial charge >= 0.3 is 0 Å². The first kappa shape index (κ1) is 10.7. The molecular weight excluding hydrogens is 186 g/mol. The molecule has 15 heavy (non-hydrogen) atoms. The number of hydrogen-bond donors (Lipinski definition) is 1. The Bertz CT molecular complexity index is 250. The van der Waals surface area contributed by atoms with E-state index in [2.05, 4.69) is 10.4 Å². The number of nitrogens with zero attached hydrogens (tertiary/aromatic N) is 2. The van der Waals surface area contributed by atoms with Gasteiger partial charge in [0.05, 0.1) is 0 Å². The van der Waals surface area contributed by atoms with Crippen molar-refractivity contribution < 1.29 is 0 Å². The molecule has 0 radical (unpaired) electrons. The van der Waals surface area contributed by atoms with Crippen molar-refractivity contribution >= 4 is 0 Å². The van der Waals surface area contributed by atoms with Gasteiger partial charge in [-0.1, -0.05) is 12.8 Å². The zero-order chi connectivity index (χ0) is 10.3. The minimum atomic E-state index is 0.953. The van der Waals surface area contributed by atoms with Crippen LogP contribution < -0.4 is 5.32 Å². The first-order valence-corrected chi connectivity index (χ1v) is 6.13. The summed E-state index contributed by atoms with van der Waals surface area (Å²) in [5, 5.41) is 7.73. The minimum absolute atomic E-state index is 0.953. The zero-order valence-electron chi connectivity index (χ0n) is 9.36. The highest BCUT2D eigenvalue weighted by atomic mass is 15.3. The van der Waals surface area contributed by atoms with Crippen molar-refractivity contribution in [1.29, 1.82) is 0 Å². The smallest absolute Gasteiger partial charge is 0.0489 e. The second kappa shape index (κ2) is 5.91. The van der Waals surface area contributed by atoms with Crippen molar-refractivity contribution in [2.24, 2.45) is 5.92 Å². The van der Waals surface area contributed by atoms with Gasteiger partial charge in [-0.3, -0.25) is 4.68 Å². The van der Waals surface area contributed by atoms with Crippen LogP contribution in [0, 0.1) is 5.92 Å². The molecule has 1 aromatic rings. The molecule has 3 heteroatoms. The van der Waals surface area contributed by atoms with Crippen LogP contribution in [0.2, 0.25) is 0 Å². The topological polar surface area (TPSA) is 29.9 Å². The monoisotopic (exact) mass is 207 g/mol. The van der Waals surface area contributed by atoms with Gasteiger partial charge in [-0.25, -0.2) is 0 Å². The Hall–Kier alpha value is -0.830. The van der Waals surface area contributed by atoms with Crippen LogP contribution in [0.3, 0.4) is 0 Å². The van der Waals surface area contributed by atoms with Crippen LogP contribution in [0.25, 0.3) is 0 Å². The van der Waals surface area contributed by atoms with E-state index >= 15 is 0 Å². The van der Waals surface area contributed by atoms with Crippen molar-refractivity contribution in [3.05, 3.63) is 18.5 Å². The summed E-state index contributed by atoms with van der Waals surface area (Å²) in [5.74, 6) is 0.953. The van der Waals surface area contributed by atoms with Crippen LogP contribution in [0.5, 0.6) is 0 Å². The Balaban J connectivity index is 1.48. The van der Waals surface area contributed by atoms with Gasteiger partial charge in [0.1, 0.15) is 0 Å². The van der Waals surface area contributed by atoms with E-state index in [9.17, 15) is 0 Å². The highest BCUT2D eigenvalue weighted by Crippen LogP contribution is 2.23. The van der Waals surface area contributed by atoms with E-state index < -0.39 is 0 Å². The molecule has 1 N–H and O–H groups in total. The van der Waals surface area contributed by atoms with Gasteiger partial charge in [-0.15, -0.1) is 0 Å². The molecule has 0 unspecified atom stereocenters. The summed E-state index contributed by atoms with van der Waals surface area (Å²) >= 11 is 0. The van der Waals surface area contributed by atoms with E-state index in [0.29, 0.717) is 0 Å². The van der Waals surface area contributed by atoms with E-state index in [1.165, 1.54) is 38.6 Å². The molecule has 0 bridgehead atoms. The molecule has 0 aliphatic heterocycles. The van der Waals surface area contributed by atoms with Crippen molar-refractivity contribution in [3.8, 4) is 0 Å². The van der Waals surface area contributed by atoms with E-state index in [4.69, 9.17) is 0 Å². The summed E-state index contributed by atoms with van der Waals surface area (Å²) < 4.78 is 2.00. The average molecular weight is 207 g/mol. The summed E-state index contributed by atoms with van der Waals surface area (Å²) in [5.41, 5.74) is 0. The van der Waals surface area contributed by atoms with Crippen LogP contribution >= 0.6 is 0 Å². The van der Waals surface area contributed by atoms with Crippen LogP contribution in [-0.2, 0) is 6.54 Å². The lowest BCUT2D eigenvalue weighted by Gasteiger charge is -2.10. The normalized spacial score (nSPS) is 17.3.